The van der Waals surface area contributed by atoms with Crippen LogP contribution in [0, 0.1) is 5.92 Å². The van der Waals surface area contributed by atoms with Crippen molar-refractivity contribution in [2.45, 2.75) is 57.2 Å². The predicted molar refractivity (Wildman–Crippen MR) is 82.4 cm³/mol. The first kappa shape index (κ1) is 14.7. The minimum atomic E-state index is 0.788. The van der Waals surface area contributed by atoms with Gasteiger partial charge in [0.05, 0.1) is 0 Å². The molecule has 2 aliphatic heterocycles. The van der Waals surface area contributed by atoms with Gasteiger partial charge in [-0.15, -0.1) is 0 Å². The number of likely N-dealkylation sites (tertiary alicyclic amines) is 1. The maximum absolute atomic E-state index is 3.82. The van der Waals surface area contributed by atoms with Crippen molar-refractivity contribution in [1.82, 2.24) is 10.2 Å². The molecule has 1 atom stereocenters. The van der Waals surface area contributed by atoms with Crippen molar-refractivity contribution in [2.24, 2.45) is 5.92 Å². The summed E-state index contributed by atoms with van der Waals surface area (Å²) >= 11 is 2.19. The van der Waals surface area contributed by atoms with E-state index in [4.69, 9.17) is 0 Å². The van der Waals surface area contributed by atoms with Crippen LogP contribution in [0.15, 0.2) is 0 Å². The lowest BCUT2D eigenvalue weighted by Gasteiger charge is -2.34. The van der Waals surface area contributed by atoms with Gasteiger partial charge in [0.25, 0.3) is 0 Å². The molecule has 0 aromatic carbocycles. The average Bonchev–Trinajstić information content (AvgIpc) is 2.38. The summed E-state index contributed by atoms with van der Waals surface area (Å²) in [7, 11) is 0. The van der Waals surface area contributed by atoms with Crippen molar-refractivity contribution < 1.29 is 0 Å². The quantitative estimate of drug-likeness (QED) is 0.827. The number of nitrogens with one attached hydrogen (secondary N) is 1. The second-order valence-corrected chi connectivity index (χ2v) is 7.77. The van der Waals surface area contributed by atoms with Gasteiger partial charge in [0.2, 0.25) is 0 Å². The van der Waals surface area contributed by atoms with E-state index in [0.29, 0.717) is 0 Å². The van der Waals surface area contributed by atoms with Gasteiger partial charge in [-0.05, 0) is 50.4 Å². The Morgan fingerprint density at radius 1 is 1.17 bits per heavy atom. The maximum Gasteiger partial charge on any atom is 0.0172 e. The minimum absolute atomic E-state index is 0.788. The highest BCUT2D eigenvalue weighted by Gasteiger charge is 2.21. The molecule has 0 aromatic rings. The molecule has 2 nitrogen and oxygen atoms in total. The summed E-state index contributed by atoms with van der Waals surface area (Å²) in [4.78, 5) is 2.64. The highest BCUT2D eigenvalue weighted by Crippen LogP contribution is 2.24. The monoisotopic (exact) mass is 270 g/mol. The predicted octanol–water partition coefficient (Wildman–Crippen LogP) is 2.98. The first-order valence-corrected chi connectivity index (χ1v) is 8.86. The molecule has 3 heteroatoms. The summed E-state index contributed by atoms with van der Waals surface area (Å²) in [6.07, 6.45) is 7.03. The van der Waals surface area contributed by atoms with Crippen LogP contribution in [0.25, 0.3) is 0 Å². The fourth-order valence-electron chi connectivity index (χ4n) is 3.10. The van der Waals surface area contributed by atoms with E-state index in [-0.39, 0.29) is 0 Å². The van der Waals surface area contributed by atoms with E-state index in [9.17, 15) is 0 Å². The van der Waals surface area contributed by atoms with Gasteiger partial charge in [-0.3, -0.25) is 0 Å². The summed E-state index contributed by atoms with van der Waals surface area (Å²) in [6, 6.07) is 0.788. The molecule has 1 unspecified atom stereocenters. The molecule has 2 aliphatic rings. The normalized spacial score (nSPS) is 27.8. The fraction of sp³-hybridized carbons (Fsp3) is 1.00. The summed E-state index contributed by atoms with van der Waals surface area (Å²) in [6.45, 7) is 9.78. The van der Waals surface area contributed by atoms with Crippen molar-refractivity contribution in [1.29, 1.82) is 0 Å². The van der Waals surface area contributed by atoms with Crippen LogP contribution in [-0.4, -0.2) is 48.1 Å². The zero-order valence-electron chi connectivity index (χ0n) is 12.2. The topological polar surface area (TPSA) is 15.3 Å². The lowest BCUT2D eigenvalue weighted by Crippen LogP contribution is -2.45. The number of rotatable bonds is 5. The maximum atomic E-state index is 3.82. The number of hydrogen-bond acceptors (Lipinski definition) is 3. The fourth-order valence-corrected chi connectivity index (χ4v) is 4.35. The van der Waals surface area contributed by atoms with Crippen molar-refractivity contribution in [3.05, 3.63) is 0 Å². The van der Waals surface area contributed by atoms with Crippen molar-refractivity contribution in [2.75, 3.05) is 31.9 Å². The van der Waals surface area contributed by atoms with E-state index >= 15 is 0 Å². The van der Waals surface area contributed by atoms with Crippen LogP contribution in [0.2, 0.25) is 0 Å². The van der Waals surface area contributed by atoms with E-state index in [1.807, 2.05) is 0 Å². The number of hydrogen-bond donors (Lipinski definition) is 1. The second-order valence-electron chi connectivity index (χ2n) is 6.37. The smallest absolute Gasteiger partial charge is 0.0172 e. The van der Waals surface area contributed by atoms with Gasteiger partial charge in [-0.2, -0.15) is 11.8 Å². The molecular weight excluding hydrogens is 240 g/mol. The zero-order valence-corrected chi connectivity index (χ0v) is 13.0. The Balaban J connectivity index is 1.58. The van der Waals surface area contributed by atoms with E-state index in [1.165, 1.54) is 64.0 Å². The van der Waals surface area contributed by atoms with Crippen LogP contribution < -0.4 is 5.32 Å². The molecule has 1 N–H and O–H groups in total. The Kier molecular flexibility index (Phi) is 6.33. The van der Waals surface area contributed by atoms with E-state index in [0.717, 1.165) is 17.2 Å². The molecule has 2 heterocycles. The Labute approximate surface area is 117 Å². The van der Waals surface area contributed by atoms with Gasteiger partial charge < -0.3 is 10.2 Å². The lowest BCUT2D eigenvalue weighted by molar-refractivity contribution is 0.180. The summed E-state index contributed by atoms with van der Waals surface area (Å²) < 4.78 is 0. The summed E-state index contributed by atoms with van der Waals surface area (Å²) in [5, 5.41) is 4.71. The molecule has 0 amide bonds. The number of nitrogens with zero attached hydrogens (tertiary/aromatic N) is 1. The highest BCUT2D eigenvalue weighted by molar-refractivity contribution is 7.99. The van der Waals surface area contributed by atoms with Gasteiger partial charge in [-0.25, -0.2) is 0 Å². The van der Waals surface area contributed by atoms with Crippen LogP contribution in [0.4, 0.5) is 0 Å². The molecule has 0 spiro atoms. The minimum Gasteiger partial charge on any atom is -0.313 e. The zero-order chi connectivity index (χ0) is 12.8. The van der Waals surface area contributed by atoms with Crippen molar-refractivity contribution in [3.8, 4) is 0 Å². The molecule has 0 aromatic heterocycles. The Hall–Kier alpha value is 0.270. The first-order valence-electron chi connectivity index (χ1n) is 7.81. The summed E-state index contributed by atoms with van der Waals surface area (Å²) in [5.74, 6) is 2.20. The van der Waals surface area contributed by atoms with E-state index < -0.39 is 0 Å². The highest BCUT2D eigenvalue weighted by atomic mass is 32.2. The van der Waals surface area contributed by atoms with Crippen LogP contribution >= 0.6 is 11.8 Å². The molecular formula is C15H30N2S. The van der Waals surface area contributed by atoms with Gasteiger partial charge in [0.1, 0.15) is 0 Å². The standard InChI is InChI=1S/C15H30N2S/c1-13(2)12-17-8-6-14(7-9-17)16-11-15-5-3-4-10-18-15/h13-16H,3-12H2,1-2H3. The van der Waals surface area contributed by atoms with Gasteiger partial charge in [0, 0.05) is 24.4 Å². The lowest BCUT2D eigenvalue weighted by atomic mass is 10.0. The number of thioether (sulfide) groups is 1. The Morgan fingerprint density at radius 3 is 2.56 bits per heavy atom. The SMILES string of the molecule is CC(C)CN1CCC(NCC2CCCCS2)CC1. The largest absolute Gasteiger partial charge is 0.313 e. The third kappa shape index (κ3) is 5.10. The van der Waals surface area contributed by atoms with E-state index in [1.54, 1.807) is 0 Å². The average molecular weight is 270 g/mol. The van der Waals surface area contributed by atoms with E-state index in [2.05, 4.69) is 35.8 Å². The van der Waals surface area contributed by atoms with Crippen molar-refractivity contribution in [3.63, 3.8) is 0 Å². The molecule has 0 aliphatic carbocycles. The van der Waals surface area contributed by atoms with Gasteiger partial charge in [-0.1, -0.05) is 20.3 Å². The molecule has 0 saturated carbocycles. The molecule has 0 radical (unpaired) electrons. The summed E-state index contributed by atoms with van der Waals surface area (Å²) in [5.41, 5.74) is 0. The molecule has 106 valence electrons. The number of piperidine rings is 1. The van der Waals surface area contributed by atoms with Gasteiger partial charge in [0.15, 0.2) is 0 Å². The third-order valence-electron chi connectivity index (χ3n) is 4.12. The Bertz CT molecular complexity index is 219. The first-order chi connectivity index (χ1) is 8.74. The van der Waals surface area contributed by atoms with Crippen molar-refractivity contribution >= 4 is 11.8 Å². The third-order valence-corrected chi connectivity index (χ3v) is 5.52. The molecule has 2 rings (SSSR count). The molecule has 0 bridgehead atoms. The van der Waals surface area contributed by atoms with Crippen LogP contribution in [0.5, 0.6) is 0 Å². The van der Waals surface area contributed by atoms with Gasteiger partial charge >= 0.3 is 0 Å². The molecule has 2 fully saturated rings. The van der Waals surface area contributed by atoms with Crippen LogP contribution in [-0.2, 0) is 0 Å². The van der Waals surface area contributed by atoms with Crippen LogP contribution in [0.1, 0.15) is 46.0 Å². The Morgan fingerprint density at radius 2 is 1.94 bits per heavy atom. The molecule has 2 saturated heterocycles. The van der Waals surface area contributed by atoms with Crippen LogP contribution in [0.3, 0.4) is 0 Å². The second kappa shape index (κ2) is 7.76. The molecule has 18 heavy (non-hydrogen) atoms.